The van der Waals surface area contributed by atoms with E-state index < -0.39 is 0 Å². The molecule has 2 nitrogen and oxygen atoms in total. The first-order valence-electron chi connectivity index (χ1n) is 9.96. The van der Waals surface area contributed by atoms with Crippen molar-refractivity contribution in [3.05, 3.63) is 92.8 Å². The standard InChI is InChI=1S/C26H23ClO2S/c1-15(2)18-9-11-20(12-10-18)29-25-21-7-5-6-8-22(21)30-26(25)24(28)23-16(3)13-19(27)14-17(23)4/h5-15H,1-4H3. The number of ketones is 1. The van der Waals surface area contributed by atoms with Gasteiger partial charge in [0.05, 0.1) is 0 Å². The third kappa shape index (κ3) is 3.88. The van der Waals surface area contributed by atoms with Crippen molar-refractivity contribution in [2.45, 2.75) is 33.6 Å². The lowest BCUT2D eigenvalue weighted by molar-refractivity contribution is 0.103. The van der Waals surface area contributed by atoms with E-state index in [1.54, 1.807) is 0 Å². The highest BCUT2D eigenvalue weighted by atomic mass is 35.5. The summed E-state index contributed by atoms with van der Waals surface area (Å²) in [5.74, 6) is 1.76. The van der Waals surface area contributed by atoms with Gasteiger partial charge < -0.3 is 4.74 Å². The van der Waals surface area contributed by atoms with Crippen LogP contribution in [0.15, 0.2) is 60.7 Å². The molecule has 0 aliphatic carbocycles. The molecule has 0 unspecified atom stereocenters. The number of carbonyl (C=O) groups excluding carboxylic acids is 1. The van der Waals surface area contributed by atoms with Crippen LogP contribution < -0.4 is 4.74 Å². The van der Waals surface area contributed by atoms with Gasteiger partial charge in [0, 0.05) is 20.7 Å². The highest BCUT2D eigenvalue weighted by Gasteiger charge is 2.24. The lowest BCUT2D eigenvalue weighted by Gasteiger charge is -2.12. The number of hydrogen-bond acceptors (Lipinski definition) is 3. The summed E-state index contributed by atoms with van der Waals surface area (Å²) in [6, 6.07) is 19.7. The largest absolute Gasteiger partial charge is 0.455 e. The minimum atomic E-state index is -0.0309. The number of halogens is 1. The summed E-state index contributed by atoms with van der Waals surface area (Å²) in [7, 11) is 0. The molecule has 0 spiro atoms. The molecular weight excluding hydrogens is 412 g/mol. The number of thiophene rings is 1. The topological polar surface area (TPSA) is 26.3 Å². The molecule has 0 bridgehead atoms. The molecule has 0 saturated heterocycles. The van der Waals surface area contributed by atoms with Crippen LogP contribution in [0.5, 0.6) is 11.5 Å². The Kier molecular flexibility index (Phi) is 5.68. The molecule has 0 atom stereocenters. The maximum atomic E-state index is 13.6. The second-order valence-corrected chi connectivity index (χ2v) is 9.31. The minimum Gasteiger partial charge on any atom is -0.455 e. The van der Waals surface area contributed by atoms with Gasteiger partial charge in [0.1, 0.15) is 10.6 Å². The number of fused-ring (bicyclic) bond motifs is 1. The maximum absolute atomic E-state index is 13.6. The average Bonchev–Trinajstić information content (AvgIpc) is 3.06. The van der Waals surface area contributed by atoms with E-state index in [1.165, 1.54) is 16.9 Å². The van der Waals surface area contributed by atoms with Crippen molar-refractivity contribution in [3.63, 3.8) is 0 Å². The number of carbonyl (C=O) groups is 1. The summed E-state index contributed by atoms with van der Waals surface area (Å²) in [6.07, 6.45) is 0. The first-order chi connectivity index (χ1) is 14.3. The van der Waals surface area contributed by atoms with Crippen LogP contribution in [0.25, 0.3) is 10.1 Å². The van der Waals surface area contributed by atoms with E-state index in [0.717, 1.165) is 27.0 Å². The summed E-state index contributed by atoms with van der Waals surface area (Å²) in [5, 5.41) is 1.59. The van der Waals surface area contributed by atoms with Gasteiger partial charge >= 0.3 is 0 Å². The van der Waals surface area contributed by atoms with Crippen molar-refractivity contribution >= 4 is 38.8 Å². The number of ether oxygens (including phenoxy) is 1. The molecule has 0 aliphatic rings. The van der Waals surface area contributed by atoms with Crippen molar-refractivity contribution in [2.75, 3.05) is 0 Å². The summed E-state index contributed by atoms with van der Waals surface area (Å²) in [6.45, 7) is 8.17. The van der Waals surface area contributed by atoms with Crippen LogP contribution in [0, 0.1) is 13.8 Å². The third-order valence-corrected chi connectivity index (χ3v) is 6.62. The van der Waals surface area contributed by atoms with Crippen molar-refractivity contribution in [2.24, 2.45) is 0 Å². The van der Waals surface area contributed by atoms with Gasteiger partial charge in [0.2, 0.25) is 5.78 Å². The van der Waals surface area contributed by atoms with Gasteiger partial charge in [-0.05, 0) is 72.9 Å². The summed E-state index contributed by atoms with van der Waals surface area (Å²) in [5.41, 5.74) is 3.68. The zero-order valence-corrected chi connectivity index (χ0v) is 19.0. The Balaban J connectivity index is 1.82. The molecule has 152 valence electrons. The van der Waals surface area contributed by atoms with E-state index in [0.29, 0.717) is 27.1 Å². The van der Waals surface area contributed by atoms with Crippen LogP contribution in [0.2, 0.25) is 5.02 Å². The quantitative estimate of drug-likeness (QED) is 0.295. The number of rotatable bonds is 5. The second kappa shape index (κ2) is 8.25. The van der Waals surface area contributed by atoms with E-state index in [-0.39, 0.29) is 5.78 Å². The predicted octanol–water partition coefficient (Wildman–Crippen LogP) is 8.32. The Morgan fingerprint density at radius 2 is 1.60 bits per heavy atom. The van der Waals surface area contributed by atoms with Crippen LogP contribution >= 0.6 is 22.9 Å². The summed E-state index contributed by atoms with van der Waals surface area (Å²) < 4.78 is 7.33. The van der Waals surface area contributed by atoms with Crippen molar-refractivity contribution in [3.8, 4) is 11.5 Å². The van der Waals surface area contributed by atoms with E-state index in [4.69, 9.17) is 16.3 Å². The molecule has 0 saturated carbocycles. The molecule has 0 amide bonds. The minimum absolute atomic E-state index is 0.0309. The van der Waals surface area contributed by atoms with E-state index in [2.05, 4.69) is 26.0 Å². The molecule has 0 aliphatic heterocycles. The van der Waals surface area contributed by atoms with Gasteiger partial charge in [-0.1, -0.05) is 49.7 Å². The molecule has 30 heavy (non-hydrogen) atoms. The SMILES string of the molecule is Cc1cc(Cl)cc(C)c1C(=O)c1sc2ccccc2c1Oc1ccc(C(C)C)cc1. The highest BCUT2D eigenvalue weighted by Crippen LogP contribution is 2.42. The molecule has 0 radical (unpaired) electrons. The maximum Gasteiger partial charge on any atom is 0.207 e. The zero-order valence-electron chi connectivity index (χ0n) is 17.5. The molecule has 0 N–H and O–H groups in total. The van der Waals surface area contributed by atoms with Crippen LogP contribution in [0.1, 0.15) is 51.7 Å². The van der Waals surface area contributed by atoms with Crippen LogP contribution in [-0.2, 0) is 0 Å². The van der Waals surface area contributed by atoms with Crippen molar-refractivity contribution < 1.29 is 9.53 Å². The third-order valence-electron chi connectivity index (χ3n) is 5.25. The molecule has 0 fully saturated rings. The van der Waals surface area contributed by atoms with Gasteiger partial charge in [-0.2, -0.15) is 0 Å². The van der Waals surface area contributed by atoms with Crippen LogP contribution in [0.4, 0.5) is 0 Å². The molecule has 3 aromatic carbocycles. The smallest absolute Gasteiger partial charge is 0.207 e. The molecular formula is C26H23ClO2S. The van der Waals surface area contributed by atoms with Crippen LogP contribution in [0.3, 0.4) is 0 Å². The average molecular weight is 435 g/mol. The molecule has 1 heterocycles. The lowest BCUT2D eigenvalue weighted by Crippen LogP contribution is -2.06. The molecule has 4 rings (SSSR count). The van der Waals surface area contributed by atoms with Gasteiger partial charge in [-0.15, -0.1) is 11.3 Å². The molecule has 4 aromatic rings. The zero-order chi connectivity index (χ0) is 21.4. The first-order valence-corrected chi connectivity index (χ1v) is 11.2. The van der Waals surface area contributed by atoms with Gasteiger partial charge in [0.25, 0.3) is 0 Å². The summed E-state index contributed by atoms with van der Waals surface area (Å²) >= 11 is 7.65. The number of hydrogen-bond donors (Lipinski definition) is 0. The van der Waals surface area contributed by atoms with Gasteiger partial charge in [-0.25, -0.2) is 0 Å². The first kappa shape index (κ1) is 20.6. The fourth-order valence-electron chi connectivity index (χ4n) is 3.69. The fourth-order valence-corrected chi connectivity index (χ4v) is 5.10. The van der Waals surface area contributed by atoms with Crippen molar-refractivity contribution in [1.82, 2.24) is 0 Å². The molecule has 1 aromatic heterocycles. The van der Waals surface area contributed by atoms with Gasteiger partial charge in [-0.3, -0.25) is 4.79 Å². The predicted molar refractivity (Wildman–Crippen MR) is 127 cm³/mol. The number of aryl methyl sites for hydroxylation is 2. The van der Waals surface area contributed by atoms with E-state index >= 15 is 0 Å². The van der Waals surface area contributed by atoms with E-state index in [1.807, 2.05) is 62.4 Å². The fraction of sp³-hybridized carbons (Fsp3) is 0.192. The Bertz CT molecular complexity index is 1210. The Morgan fingerprint density at radius 3 is 2.23 bits per heavy atom. The molecule has 4 heteroatoms. The highest BCUT2D eigenvalue weighted by molar-refractivity contribution is 7.21. The lowest BCUT2D eigenvalue weighted by atomic mass is 9.98. The normalized spacial score (nSPS) is 11.3. The second-order valence-electron chi connectivity index (χ2n) is 7.83. The Labute approximate surface area is 186 Å². The Morgan fingerprint density at radius 1 is 0.967 bits per heavy atom. The Hall–Kier alpha value is -2.62. The van der Waals surface area contributed by atoms with Crippen molar-refractivity contribution in [1.29, 1.82) is 0 Å². The van der Waals surface area contributed by atoms with Crippen LogP contribution in [-0.4, -0.2) is 5.78 Å². The van der Waals surface area contributed by atoms with E-state index in [9.17, 15) is 4.79 Å². The number of benzene rings is 3. The monoisotopic (exact) mass is 434 g/mol. The summed E-state index contributed by atoms with van der Waals surface area (Å²) in [4.78, 5) is 14.2. The van der Waals surface area contributed by atoms with Gasteiger partial charge in [0.15, 0.2) is 5.75 Å².